The van der Waals surface area contributed by atoms with Gasteiger partial charge in [-0.05, 0) is 25.1 Å². The topological polar surface area (TPSA) is 30.7 Å². The van der Waals surface area contributed by atoms with Crippen LogP contribution in [0.2, 0.25) is 0 Å². The van der Waals surface area contributed by atoms with Crippen LogP contribution in [0.4, 0.5) is 0 Å². The zero-order chi connectivity index (χ0) is 10.7. The number of terminal acetylenes is 1. The minimum Gasteiger partial charge on any atom is -0.265 e. The van der Waals surface area contributed by atoms with Gasteiger partial charge in [0.15, 0.2) is 0 Å². The molecule has 0 aliphatic heterocycles. The molecule has 74 valence electrons. The van der Waals surface area contributed by atoms with Crippen molar-refractivity contribution in [1.82, 2.24) is 14.8 Å². The second-order valence-corrected chi connectivity index (χ2v) is 3.27. The van der Waals surface area contributed by atoms with Crippen LogP contribution in [0.25, 0.3) is 11.3 Å². The van der Waals surface area contributed by atoms with E-state index in [2.05, 4.69) is 16.0 Å². The lowest BCUT2D eigenvalue weighted by molar-refractivity contribution is 0.694. The maximum atomic E-state index is 5.26. The molecule has 0 unspecified atom stereocenters. The van der Waals surface area contributed by atoms with Gasteiger partial charge in [0.05, 0.1) is 5.69 Å². The first-order chi connectivity index (χ1) is 7.31. The van der Waals surface area contributed by atoms with Crippen molar-refractivity contribution in [3.63, 3.8) is 0 Å². The summed E-state index contributed by atoms with van der Waals surface area (Å²) < 4.78 is 1.82. The van der Waals surface area contributed by atoms with E-state index < -0.39 is 0 Å². The normalized spacial score (nSPS) is 9.87. The van der Waals surface area contributed by atoms with Crippen molar-refractivity contribution in [1.29, 1.82) is 0 Å². The van der Waals surface area contributed by atoms with E-state index in [-0.39, 0.29) is 0 Å². The number of aromatic nitrogens is 3. The van der Waals surface area contributed by atoms with Gasteiger partial charge >= 0.3 is 0 Å². The Morgan fingerprint density at radius 1 is 1.40 bits per heavy atom. The van der Waals surface area contributed by atoms with Crippen LogP contribution < -0.4 is 0 Å². The molecule has 0 fully saturated rings. The Hall–Kier alpha value is -2.08. The number of hydrogen-bond donors (Lipinski definition) is 0. The van der Waals surface area contributed by atoms with Crippen LogP contribution in [0.1, 0.15) is 5.69 Å². The molecule has 0 spiro atoms. The minimum atomic E-state index is 0.511. The highest BCUT2D eigenvalue weighted by molar-refractivity contribution is 5.58. The van der Waals surface area contributed by atoms with Crippen molar-refractivity contribution < 1.29 is 0 Å². The second kappa shape index (κ2) is 3.97. The molecular weight excluding hydrogens is 186 g/mol. The van der Waals surface area contributed by atoms with E-state index in [1.807, 2.05) is 29.8 Å². The van der Waals surface area contributed by atoms with Gasteiger partial charge in [-0.3, -0.25) is 9.67 Å². The van der Waals surface area contributed by atoms with Gasteiger partial charge < -0.3 is 0 Å². The molecule has 0 radical (unpaired) electrons. The minimum absolute atomic E-state index is 0.511. The summed E-state index contributed by atoms with van der Waals surface area (Å²) in [5, 5.41) is 4.42. The van der Waals surface area contributed by atoms with Crippen LogP contribution in [-0.4, -0.2) is 14.8 Å². The first-order valence-corrected chi connectivity index (χ1v) is 4.69. The van der Waals surface area contributed by atoms with Crippen LogP contribution in [0.3, 0.4) is 0 Å². The third-order valence-corrected chi connectivity index (χ3v) is 2.20. The molecule has 0 saturated heterocycles. The molecule has 0 bridgehead atoms. The molecule has 0 aromatic carbocycles. The lowest BCUT2D eigenvalue weighted by Crippen LogP contribution is -1.99. The van der Waals surface area contributed by atoms with Gasteiger partial charge in [0.1, 0.15) is 6.54 Å². The van der Waals surface area contributed by atoms with Gasteiger partial charge in [-0.25, -0.2) is 0 Å². The summed E-state index contributed by atoms with van der Waals surface area (Å²) in [6.07, 6.45) is 8.77. The monoisotopic (exact) mass is 197 g/mol. The molecule has 0 N–H and O–H groups in total. The van der Waals surface area contributed by atoms with Crippen LogP contribution >= 0.6 is 0 Å². The van der Waals surface area contributed by atoms with Crippen molar-refractivity contribution in [3.05, 3.63) is 36.3 Å². The van der Waals surface area contributed by atoms with Crippen molar-refractivity contribution in [2.75, 3.05) is 0 Å². The van der Waals surface area contributed by atoms with Gasteiger partial charge in [0, 0.05) is 23.7 Å². The smallest absolute Gasteiger partial charge is 0.102 e. The van der Waals surface area contributed by atoms with Gasteiger partial charge in [-0.15, -0.1) is 6.42 Å². The van der Waals surface area contributed by atoms with Crippen molar-refractivity contribution in [2.45, 2.75) is 13.5 Å². The number of rotatable bonds is 2. The highest BCUT2D eigenvalue weighted by Crippen LogP contribution is 2.17. The summed E-state index contributed by atoms with van der Waals surface area (Å²) in [4.78, 5) is 3.97. The summed E-state index contributed by atoms with van der Waals surface area (Å²) in [6.45, 7) is 2.51. The number of nitrogens with zero attached hydrogens (tertiary/aromatic N) is 3. The van der Waals surface area contributed by atoms with E-state index >= 15 is 0 Å². The SMILES string of the molecule is C#CCn1nc(-c2ccncc2)cc1C. The van der Waals surface area contributed by atoms with E-state index in [0.717, 1.165) is 17.0 Å². The molecule has 2 heterocycles. The van der Waals surface area contributed by atoms with Crippen molar-refractivity contribution in [3.8, 4) is 23.6 Å². The molecule has 2 aromatic heterocycles. The fourth-order valence-electron chi connectivity index (χ4n) is 1.42. The molecule has 15 heavy (non-hydrogen) atoms. The second-order valence-electron chi connectivity index (χ2n) is 3.27. The molecule has 0 saturated carbocycles. The van der Waals surface area contributed by atoms with E-state index in [1.54, 1.807) is 12.4 Å². The third kappa shape index (κ3) is 1.89. The van der Waals surface area contributed by atoms with Crippen LogP contribution in [0.15, 0.2) is 30.6 Å². The third-order valence-electron chi connectivity index (χ3n) is 2.20. The molecule has 3 nitrogen and oxygen atoms in total. The van der Waals surface area contributed by atoms with E-state index in [9.17, 15) is 0 Å². The van der Waals surface area contributed by atoms with E-state index in [1.165, 1.54) is 0 Å². The number of pyridine rings is 1. The van der Waals surface area contributed by atoms with Crippen LogP contribution in [0, 0.1) is 19.3 Å². The Labute approximate surface area is 88.8 Å². The lowest BCUT2D eigenvalue weighted by atomic mass is 10.2. The number of aryl methyl sites for hydroxylation is 1. The van der Waals surface area contributed by atoms with E-state index in [4.69, 9.17) is 6.42 Å². The Bertz CT molecular complexity index is 491. The largest absolute Gasteiger partial charge is 0.265 e. The summed E-state index contributed by atoms with van der Waals surface area (Å²) in [5.41, 5.74) is 3.06. The quantitative estimate of drug-likeness (QED) is 0.688. The standard InChI is InChI=1S/C12H11N3/c1-3-8-15-10(2)9-12(14-15)11-4-6-13-7-5-11/h1,4-7,9H,8H2,2H3. The average molecular weight is 197 g/mol. The maximum Gasteiger partial charge on any atom is 0.102 e. The van der Waals surface area contributed by atoms with Gasteiger partial charge in [-0.2, -0.15) is 5.10 Å². The van der Waals surface area contributed by atoms with Gasteiger partial charge in [-0.1, -0.05) is 5.92 Å². The Morgan fingerprint density at radius 3 is 2.80 bits per heavy atom. The summed E-state index contributed by atoms with van der Waals surface area (Å²) >= 11 is 0. The fourth-order valence-corrected chi connectivity index (χ4v) is 1.42. The van der Waals surface area contributed by atoms with Crippen molar-refractivity contribution in [2.24, 2.45) is 0 Å². The molecule has 3 heteroatoms. The zero-order valence-electron chi connectivity index (χ0n) is 8.51. The Morgan fingerprint density at radius 2 is 2.13 bits per heavy atom. The maximum absolute atomic E-state index is 5.26. The van der Waals surface area contributed by atoms with Gasteiger partial charge in [0.25, 0.3) is 0 Å². The number of hydrogen-bond acceptors (Lipinski definition) is 2. The summed E-state index contributed by atoms with van der Waals surface area (Å²) in [7, 11) is 0. The molecule has 2 aromatic rings. The lowest BCUT2D eigenvalue weighted by Gasteiger charge is -1.96. The van der Waals surface area contributed by atoms with E-state index in [0.29, 0.717) is 6.54 Å². The highest BCUT2D eigenvalue weighted by atomic mass is 15.3. The molecule has 0 atom stereocenters. The van der Waals surface area contributed by atoms with Gasteiger partial charge in [0.2, 0.25) is 0 Å². The summed E-state index contributed by atoms with van der Waals surface area (Å²) in [6, 6.07) is 5.89. The fraction of sp³-hybridized carbons (Fsp3) is 0.167. The van der Waals surface area contributed by atoms with Crippen LogP contribution in [-0.2, 0) is 6.54 Å². The Kier molecular flexibility index (Phi) is 2.51. The summed E-state index contributed by atoms with van der Waals surface area (Å²) in [5.74, 6) is 2.58. The van der Waals surface area contributed by atoms with Crippen molar-refractivity contribution >= 4 is 0 Å². The predicted molar refractivity (Wildman–Crippen MR) is 59.0 cm³/mol. The molecule has 0 aliphatic rings. The molecule has 0 amide bonds. The highest BCUT2D eigenvalue weighted by Gasteiger charge is 2.04. The predicted octanol–water partition coefficient (Wildman–Crippen LogP) is 1.89. The average Bonchev–Trinajstić information content (AvgIpc) is 2.63. The first-order valence-electron chi connectivity index (χ1n) is 4.69. The molecule has 0 aliphatic carbocycles. The molecular formula is C12H11N3. The zero-order valence-corrected chi connectivity index (χ0v) is 8.51. The first kappa shape index (κ1) is 9.47. The van der Waals surface area contributed by atoms with Crippen LogP contribution in [0.5, 0.6) is 0 Å². The molecule has 2 rings (SSSR count). The Balaban J connectivity index is 2.40.